The van der Waals surface area contributed by atoms with Crippen LogP contribution in [0, 0.1) is 0 Å². The van der Waals surface area contributed by atoms with Crippen molar-refractivity contribution < 1.29 is 10.2 Å². The number of aliphatic hydroxyl groups is 2. The number of benzene rings is 1. The number of fused-ring (bicyclic) bond motifs is 1. The van der Waals surface area contributed by atoms with Crippen LogP contribution < -0.4 is 0 Å². The van der Waals surface area contributed by atoms with E-state index in [-0.39, 0.29) is 0 Å². The highest BCUT2D eigenvalue weighted by Gasteiger charge is 2.16. The van der Waals surface area contributed by atoms with E-state index in [1.807, 2.05) is 6.07 Å². The van der Waals surface area contributed by atoms with Crippen LogP contribution >= 0.6 is 0 Å². The molecule has 0 aromatic rings. The number of hydrogen-bond donors (Lipinski definition) is 2. The zero-order valence-electron chi connectivity index (χ0n) is 4.70. The molecule has 2 heteroatoms. The normalized spacial score (nSPS) is 12.3. The maximum atomic E-state index is 8.61. The molecule has 0 atom stereocenters. The van der Waals surface area contributed by atoms with E-state index in [1.165, 1.54) is 0 Å². The molecule has 2 nitrogen and oxygen atoms in total. The van der Waals surface area contributed by atoms with Crippen LogP contribution in [0.4, 0.5) is 0 Å². The average molecular weight is 122 g/mol. The summed E-state index contributed by atoms with van der Waals surface area (Å²) < 4.78 is 0. The Balaban J connectivity index is 2.38. The van der Waals surface area contributed by atoms with Gasteiger partial charge in [0, 0.05) is 5.56 Å². The largest absolute Gasteiger partial charge is 0.364 e. The minimum absolute atomic E-state index is 0.600. The lowest BCUT2D eigenvalue weighted by atomic mass is 10.3. The molecule has 9 heavy (non-hydrogen) atoms. The van der Waals surface area contributed by atoms with Gasteiger partial charge in [-0.15, -0.1) is 0 Å². The molecule has 0 aliphatic heterocycles. The molecule has 0 radical (unpaired) electrons. The van der Waals surface area contributed by atoms with Crippen molar-refractivity contribution in [3.05, 3.63) is 23.8 Å². The summed E-state index contributed by atoms with van der Waals surface area (Å²) in [5.41, 5.74) is 2.87. The molecule has 46 valence electrons. The van der Waals surface area contributed by atoms with Gasteiger partial charge in [0.05, 0.1) is 0 Å². The number of rotatable bonds is 1. The molecule has 0 aromatic carbocycles. The molecule has 0 unspecified atom stereocenters. The fraction of sp³-hybridized carbons (Fsp3) is 0.143. The summed E-state index contributed by atoms with van der Waals surface area (Å²) in [5.74, 6) is 0. The molecule has 0 saturated heterocycles. The van der Waals surface area contributed by atoms with Gasteiger partial charge >= 0.3 is 0 Å². The van der Waals surface area contributed by atoms with E-state index in [4.69, 9.17) is 10.2 Å². The van der Waals surface area contributed by atoms with Gasteiger partial charge in [-0.05, 0) is 29.3 Å². The van der Waals surface area contributed by atoms with Gasteiger partial charge in [0.1, 0.15) is 0 Å². The van der Waals surface area contributed by atoms with Gasteiger partial charge in [-0.3, -0.25) is 0 Å². The van der Waals surface area contributed by atoms with Crippen LogP contribution in [0.5, 0.6) is 0 Å². The molecule has 0 bridgehead atoms. The fourth-order valence-corrected chi connectivity index (χ4v) is 0.931. The molecule has 0 fully saturated rings. The monoisotopic (exact) mass is 122 g/mol. The SMILES string of the molecule is OC(O)c1cc2cc-2c1. The molecule has 0 saturated carbocycles. The highest BCUT2D eigenvalue weighted by Crippen LogP contribution is 2.37. The molecule has 0 amide bonds. The van der Waals surface area contributed by atoms with Crippen molar-refractivity contribution in [3.63, 3.8) is 0 Å². The van der Waals surface area contributed by atoms with E-state index in [0.717, 1.165) is 11.1 Å². The first-order valence-corrected chi connectivity index (χ1v) is 2.79. The predicted octanol–water partition coefficient (Wildman–Crippen LogP) is 0.650. The van der Waals surface area contributed by atoms with E-state index in [2.05, 4.69) is 0 Å². The van der Waals surface area contributed by atoms with Crippen LogP contribution in [0.1, 0.15) is 11.9 Å². The second-order valence-corrected chi connectivity index (χ2v) is 2.22. The first-order valence-electron chi connectivity index (χ1n) is 2.79. The average Bonchev–Trinajstić information content (AvgIpc) is 2.40. The molecule has 2 aliphatic carbocycles. The van der Waals surface area contributed by atoms with Crippen molar-refractivity contribution in [2.24, 2.45) is 0 Å². The lowest BCUT2D eigenvalue weighted by molar-refractivity contribution is -0.0422. The third kappa shape index (κ3) is 0.642. The van der Waals surface area contributed by atoms with Crippen molar-refractivity contribution >= 4 is 0 Å². The zero-order valence-corrected chi connectivity index (χ0v) is 4.70. The molecule has 2 rings (SSSR count). The summed E-state index contributed by atoms with van der Waals surface area (Å²) in [6, 6.07) is 5.55. The van der Waals surface area contributed by atoms with Gasteiger partial charge in [0.25, 0.3) is 0 Å². The maximum absolute atomic E-state index is 8.61. The third-order valence-corrected chi connectivity index (χ3v) is 1.50. The molecular formula is C7H6O2. The van der Waals surface area contributed by atoms with Gasteiger partial charge in [-0.2, -0.15) is 0 Å². The van der Waals surface area contributed by atoms with Gasteiger partial charge in [-0.1, -0.05) is 0 Å². The van der Waals surface area contributed by atoms with Crippen molar-refractivity contribution in [2.75, 3.05) is 0 Å². The highest BCUT2D eigenvalue weighted by molar-refractivity contribution is 5.82. The Morgan fingerprint density at radius 1 is 1.00 bits per heavy atom. The molecular weight excluding hydrogens is 116 g/mol. The second kappa shape index (κ2) is 1.35. The Labute approximate surface area is 52.4 Å². The van der Waals surface area contributed by atoms with Gasteiger partial charge in [0.15, 0.2) is 6.29 Å². The summed E-state index contributed by atoms with van der Waals surface area (Å²) in [4.78, 5) is 0. The van der Waals surface area contributed by atoms with Crippen LogP contribution in [0.2, 0.25) is 0 Å². The van der Waals surface area contributed by atoms with Crippen LogP contribution in [-0.4, -0.2) is 10.2 Å². The lowest BCUT2D eigenvalue weighted by Gasteiger charge is -1.96. The zero-order chi connectivity index (χ0) is 6.43. The summed E-state index contributed by atoms with van der Waals surface area (Å²) in [7, 11) is 0. The first-order chi connectivity index (χ1) is 4.27. The molecule has 2 N–H and O–H groups in total. The van der Waals surface area contributed by atoms with E-state index in [0.29, 0.717) is 5.56 Å². The minimum Gasteiger partial charge on any atom is -0.364 e. The van der Waals surface area contributed by atoms with Crippen molar-refractivity contribution in [3.8, 4) is 11.1 Å². The molecule has 0 aromatic heterocycles. The summed E-state index contributed by atoms with van der Waals surface area (Å²) >= 11 is 0. The molecule has 0 spiro atoms. The number of aliphatic hydroxyl groups excluding tert-OH is 1. The molecule has 2 aliphatic rings. The standard InChI is InChI=1S/C7H6O2/c8-7(9)6-2-4-1-5(4)3-6/h1-3,7-9H. The lowest BCUT2D eigenvalue weighted by Crippen LogP contribution is -1.90. The Kier molecular flexibility index (Phi) is 0.743. The van der Waals surface area contributed by atoms with Crippen molar-refractivity contribution in [2.45, 2.75) is 6.29 Å². The van der Waals surface area contributed by atoms with Crippen molar-refractivity contribution in [1.29, 1.82) is 0 Å². The van der Waals surface area contributed by atoms with Crippen LogP contribution in [0.3, 0.4) is 0 Å². The fourth-order valence-electron chi connectivity index (χ4n) is 0.931. The van der Waals surface area contributed by atoms with Gasteiger partial charge < -0.3 is 10.2 Å². The Morgan fingerprint density at radius 3 is 1.89 bits per heavy atom. The van der Waals surface area contributed by atoms with Gasteiger partial charge in [0.2, 0.25) is 0 Å². The Hall–Kier alpha value is -0.860. The first kappa shape index (κ1) is 4.97. The molecule has 0 heterocycles. The van der Waals surface area contributed by atoms with Crippen molar-refractivity contribution in [1.82, 2.24) is 0 Å². The second-order valence-electron chi connectivity index (χ2n) is 2.22. The van der Waals surface area contributed by atoms with E-state index < -0.39 is 6.29 Å². The summed E-state index contributed by atoms with van der Waals surface area (Å²) in [5, 5.41) is 17.2. The van der Waals surface area contributed by atoms with E-state index in [9.17, 15) is 0 Å². The quantitative estimate of drug-likeness (QED) is 0.545. The summed E-state index contributed by atoms with van der Waals surface area (Å²) in [6.07, 6.45) is -1.30. The van der Waals surface area contributed by atoms with Crippen LogP contribution in [0.25, 0.3) is 11.1 Å². The van der Waals surface area contributed by atoms with Gasteiger partial charge in [-0.25, -0.2) is 0 Å². The Bertz CT molecular complexity index is 233. The van der Waals surface area contributed by atoms with Crippen LogP contribution in [0.15, 0.2) is 18.2 Å². The predicted molar refractivity (Wildman–Crippen MR) is 32.6 cm³/mol. The minimum atomic E-state index is -1.30. The summed E-state index contributed by atoms with van der Waals surface area (Å²) in [6.45, 7) is 0. The smallest absolute Gasteiger partial charge is 0.178 e. The number of hydrogen-bond acceptors (Lipinski definition) is 2. The third-order valence-electron chi connectivity index (χ3n) is 1.50. The van der Waals surface area contributed by atoms with E-state index >= 15 is 0 Å². The van der Waals surface area contributed by atoms with E-state index in [1.54, 1.807) is 12.1 Å². The van der Waals surface area contributed by atoms with Crippen LogP contribution in [-0.2, 0) is 0 Å². The highest BCUT2D eigenvalue weighted by atomic mass is 16.5. The topological polar surface area (TPSA) is 40.5 Å². The maximum Gasteiger partial charge on any atom is 0.178 e. The Morgan fingerprint density at radius 2 is 1.56 bits per heavy atom.